The van der Waals surface area contributed by atoms with Gasteiger partial charge in [0.05, 0.1) is 0 Å². The van der Waals surface area contributed by atoms with Crippen LogP contribution in [0.15, 0.2) is 30.3 Å². The first-order valence-electron chi connectivity index (χ1n) is 10.7. The molecular weight excluding hydrogens is 439 g/mol. The maximum absolute atomic E-state index is 2.55. The Bertz CT molecular complexity index is 649. The third-order valence-electron chi connectivity index (χ3n) is 5.81. The van der Waals surface area contributed by atoms with Crippen molar-refractivity contribution in [3.8, 4) is 10.4 Å². The summed E-state index contributed by atoms with van der Waals surface area (Å²) in [7, 11) is 0. The van der Waals surface area contributed by atoms with E-state index in [4.69, 9.17) is 0 Å². The summed E-state index contributed by atoms with van der Waals surface area (Å²) in [6.45, 7) is 11.6. The maximum atomic E-state index is 2.55. The number of unbranched alkanes of at least 4 members (excludes halogenated alkanes) is 3. The van der Waals surface area contributed by atoms with E-state index in [0.717, 1.165) is 0 Å². The molecule has 0 bridgehead atoms. The van der Waals surface area contributed by atoms with Crippen LogP contribution in [0.2, 0.25) is 13.3 Å². The van der Waals surface area contributed by atoms with E-state index in [1.165, 1.54) is 60.1 Å². The Morgan fingerprint density at radius 1 is 0.769 bits per heavy atom. The average molecular weight is 477 g/mol. The van der Waals surface area contributed by atoms with E-state index in [-0.39, 0.29) is 0 Å². The number of aryl methyl sites for hydroxylation is 2. The molecule has 26 heavy (non-hydrogen) atoms. The fourth-order valence-corrected chi connectivity index (χ4v) is 24.3. The number of rotatable bonds is 11. The van der Waals surface area contributed by atoms with Gasteiger partial charge in [-0.1, -0.05) is 0 Å². The third kappa shape index (κ3) is 5.61. The zero-order valence-corrected chi connectivity index (χ0v) is 21.3. The molecule has 0 nitrogen and oxygen atoms in total. The van der Waals surface area contributed by atoms with Crippen molar-refractivity contribution in [1.29, 1.82) is 0 Å². The van der Waals surface area contributed by atoms with E-state index in [1.807, 2.05) is 2.89 Å². The van der Waals surface area contributed by atoms with Crippen LogP contribution < -0.4 is 2.89 Å². The van der Waals surface area contributed by atoms with E-state index in [0.29, 0.717) is 0 Å². The Morgan fingerprint density at radius 2 is 1.35 bits per heavy atom. The van der Waals surface area contributed by atoms with Gasteiger partial charge in [0.2, 0.25) is 0 Å². The monoisotopic (exact) mass is 478 g/mol. The van der Waals surface area contributed by atoms with E-state index < -0.39 is 18.4 Å². The molecule has 2 rings (SSSR count). The molecule has 2 aromatic rings. The first kappa shape index (κ1) is 22.0. The molecule has 0 unspecified atom stereocenters. The second-order valence-corrected chi connectivity index (χ2v) is 23.3. The SMILES string of the molecule is CCC[CH2][Sn]([CH2]CCC)([CH2]CCC)[c]1ccc(-c2cc(C)ccc2C)s1. The number of hydrogen-bond donors (Lipinski definition) is 0. The number of benzene rings is 1. The molecule has 1 aromatic carbocycles. The van der Waals surface area contributed by atoms with Gasteiger partial charge in [0.25, 0.3) is 0 Å². The van der Waals surface area contributed by atoms with Crippen LogP contribution in [0.1, 0.15) is 70.4 Å². The van der Waals surface area contributed by atoms with Crippen molar-refractivity contribution < 1.29 is 0 Å². The molecule has 0 atom stereocenters. The van der Waals surface area contributed by atoms with Crippen molar-refractivity contribution in [3.63, 3.8) is 0 Å². The topological polar surface area (TPSA) is 0 Å². The molecule has 0 saturated heterocycles. The molecule has 0 fully saturated rings. The van der Waals surface area contributed by atoms with Crippen LogP contribution in [0, 0.1) is 13.8 Å². The average Bonchev–Trinajstić information content (AvgIpc) is 3.14. The van der Waals surface area contributed by atoms with Gasteiger partial charge in [-0.3, -0.25) is 0 Å². The molecule has 144 valence electrons. The molecule has 0 aliphatic carbocycles. The zero-order valence-electron chi connectivity index (χ0n) is 17.7. The molecule has 2 heteroatoms. The van der Waals surface area contributed by atoms with Gasteiger partial charge in [-0.05, 0) is 0 Å². The summed E-state index contributed by atoms with van der Waals surface area (Å²) in [5.41, 5.74) is 4.25. The number of thiophene rings is 1. The predicted octanol–water partition coefficient (Wildman–Crippen LogP) is 8.09. The Balaban J connectivity index is 2.40. The van der Waals surface area contributed by atoms with Crippen molar-refractivity contribution in [1.82, 2.24) is 0 Å². The molecular formula is C24H38SSn. The molecule has 0 radical (unpaired) electrons. The van der Waals surface area contributed by atoms with Crippen molar-refractivity contribution in [2.24, 2.45) is 0 Å². The van der Waals surface area contributed by atoms with Gasteiger partial charge in [-0.25, -0.2) is 0 Å². The molecule has 1 heterocycles. The van der Waals surface area contributed by atoms with Gasteiger partial charge in [-0.15, -0.1) is 0 Å². The van der Waals surface area contributed by atoms with Gasteiger partial charge in [-0.2, -0.15) is 0 Å². The summed E-state index contributed by atoms with van der Waals surface area (Å²) in [5, 5.41) is 0. The molecule has 0 spiro atoms. The first-order valence-corrected chi connectivity index (χ1v) is 19.0. The van der Waals surface area contributed by atoms with Gasteiger partial charge in [0, 0.05) is 0 Å². The zero-order chi connectivity index (χ0) is 19.0. The minimum atomic E-state index is -2.26. The van der Waals surface area contributed by atoms with Crippen LogP contribution in [-0.2, 0) is 0 Å². The van der Waals surface area contributed by atoms with E-state index in [9.17, 15) is 0 Å². The molecule has 0 saturated carbocycles. The van der Waals surface area contributed by atoms with Crippen molar-refractivity contribution in [2.75, 3.05) is 0 Å². The fraction of sp³-hybridized carbons (Fsp3) is 0.583. The molecule has 0 aliphatic heterocycles. The first-order chi connectivity index (χ1) is 12.6. The van der Waals surface area contributed by atoms with Crippen LogP contribution in [0.3, 0.4) is 0 Å². The van der Waals surface area contributed by atoms with E-state index in [1.54, 1.807) is 13.3 Å². The summed E-state index contributed by atoms with van der Waals surface area (Å²) in [6.07, 6.45) is 8.39. The van der Waals surface area contributed by atoms with Gasteiger partial charge in [0.1, 0.15) is 0 Å². The van der Waals surface area contributed by atoms with Crippen LogP contribution in [0.5, 0.6) is 0 Å². The Morgan fingerprint density at radius 3 is 1.88 bits per heavy atom. The second kappa shape index (κ2) is 10.9. The van der Waals surface area contributed by atoms with Gasteiger partial charge < -0.3 is 0 Å². The molecule has 0 N–H and O–H groups in total. The van der Waals surface area contributed by atoms with Gasteiger partial charge >= 0.3 is 171 Å². The summed E-state index contributed by atoms with van der Waals surface area (Å²) >= 11 is -0.102. The number of hydrogen-bond acceptors (Lipinski definition) is 1. The second-order valence-electron chi connectivity index (χ2n) is 8.07. The molecule has 0 amide bonds. The summed E-state index contributed by atoms with van der Waals surface area (Å²) in [5.74, 6) is 0. The third-order valence-corrected chi connectivity index (χ3v) is 25.2. The Labute approximate surface area is 170 Å². The van der Waals surface area contributed by atoms with Crippen molar-refractivity contribution >= 4 is 32.6 Å². The van der Waals surface area contributed by atoms with E-state index in [2.05, 4.69) is 76.3 Å². The van der Waals surface area contributed by atoms with Gasteiger partial charge in [0.15, 0.2) is 0 Å². The Kier molecular flexibility index (Phi) is 9.23. The van der Waals surface area contributed by atoms with Crippen molar-refractivity contribution in [2.45, 2.75) is 86.5 Å². The predicted molar refractivity (Wildman–Crippen MR) is 124 cm³/mol. The minimum absolute atomic E-state index is 1.35. The summed E-state index contributed by atoms with van der Waals surface area (Å²) in [4.78, 5) is 1.51. The Hall–Kier alpha value is -0.281. The van der Waals surface area contributed by atoms with Crippen LogP contribution in [-0.4, -0.2) is 18.4 Å². The molecule has 0 aliphatic rings. The summed E-state index contributed by atoms with van der Waals surface area (Å²) in [6, 6.07) is 11.9. The van der Waals surface area contributed by atoms with E-state index >= 15 is 0 Å². The molecule has 1 aromatic heterocycles. The standard InChI is InChI=1S/C12H11S.3C4H9.Sn/c1-9-5-6-10(2)11(8-9)12-4-3-7-13-12;3*1-3-4-2;/h3-6,8H,1-2H3;3*1,3-4H2,2H3;. The summed E-state index contributed by atoms with van der Waals surface area (Å²) < 4.78 is 6.55. The normalized spacial score (nSPS) is 11.9. The van der Waals surface area contributed by atoms with Crippen LogP contribution in [0.25, 0.3) is 10.4 Å². The van der Waals surface area contributed by atoms with Crippen molar-refractivity contribution in [3.05, 3.63) is 41.5 Å². The fourth-order valence-electron chi connectivity index (χ4n) is 4.06. The quantitative estimate of drug-likeness (QED) is 0.287. The van der Waals surface area contributed by atoms with Crippen LogP contribution in [0.4, 0.5) is 0 Å². The van der Waals surface area contributed by atoms with Crippen LogP contribution >= 0.6 is 11.3 Å².